The second-order valence-electron chi connectivity index (χ2n) is 8.90. The van der Waals surface area contributed by atoms with E-state index in [9.17, 15) is 17.6 Å². The summed E-state index contributed by atoms with van der Waals surface area (Å²) in [6.45, 7) is 6.80. The maximum Gasteiger partial charge on any atom is 0.410 e. The highest BCUT2D eigenvalue weighted by Gasteiger charge is 2.27. The zero-order chi connectivity index (χ0) is 24.2. The minimum absolute atomic E-state index is 0.0792. The van der Waals surface area contributed by atoms with E-state index < -0.39 is 21.3 Å². The fourth-order valence-corrected chi connectivity index (χ4v) is 3.84. The number of hydrogen-bond donors (Lipinski definition) is 1. The molecule has 33 heavy (non-hydrogen) atoms. The molecule has 180 valence electrons. The molecular formula is C22H29FN4O5S. The molecule has 0 unspecified atom stereocenters. The van der Waals surface area contributed by atoms with E-state index in [1.54, 1.807) is 4.90 Å². The van der Waals surface area contributed by atoms with Gasteiger partial charge in [0.15, 0.2) is 9.84 Å². The first-order valence-corrected chi connectivity index (χ1v) is 12.5. The number of anilines is 1. The first-order valence-electron chi connectivity index (χ1n) is 10.6. The zero-order valence-electron chi connectivity index (χ0n) is 19.2. The zero-order valence-corrected chi connectivity index (χ0v) is 20.0. The minimum atomic E-state index is -3.47. The van der Waals surface area contributed by atoms with Crippen molar-refractivity contribution in [3.63, 3.8) is 0 Å². The second kappa shape index (κ2) is 9.90. The molecule has 2 heterocycles. The van der Waals surface area contributed by atoms with Gasteiger partial charge in [-0.25, -0.2) is 22.6 Å². The van der Waals surface area contributed by atoms with Gasteiger partial charge in [0.2, 0.25) is 5.88 Å². The number of halogens is 1. The maximum atomic E-state index is 14.2. The van der Waals surface area contributed by atoms with E-state index in [1.807, 2.05) is 20.8 Å². The van der Waals surface area contributed by atoms with E-state index in [4.69, 9.17) is 9.47 Å². The van der Waals surface area contributed by atoms with Crippen LogP contribution in [0, 0.1) is 5.82 Å². The average molecular weight is 481 g/mol. The van der Waals surface area contributed by atoms with Gasteiger partial charge >= 0.3 is 6.09 Å². The number of benzene rings is 1. The molecule has 11 heteroatoms. The van der Waals surface area contributed by atoms with Crippen molar-refractivity contribution in [3.8, 4) is 5.88 Å². The van der Waals surface area contributed by atoms with Crippen molar-refractivity contribution >= 4 is 21.6 Å². The third-order valence-electron chi connectivity index (χ3n) is 4.89. The summed E-state index contributed by atoms with van der Waals surface area (Å²) in [6.07, 6.45) is 4.98. The first kappa shape index (κ1) is 24.7. The molecule has 2 aromatic rings. The Kier molecular flexibility index (Phi) is 7.41. The summed E-state index contributed by atoms with van der Waals surface area (Å²) in [7, 11) is -3.47. The van der Waals surface area contributed by atoms with Gasteiger partial charge in [-0.15, -0.1) is 0 Å². The fourth-order valence-electron chi connectivity index (χ4n) is 3.20. The van der Waals surface area contributed by atoms with Gasteiger partial charge in [0.25, 0.3) is 0 Å². The molecule has 3 rings (SSSR count). The second-order valence-corrected chi connectivity index (χ2v) is 10.9. The summed E-state index contributed by atoms with van der Waals surface area (Å²) in [6, 6.07) is 3.70. The maximum absolute atomic E-state index is 14.2. The van der Waals surface area contributed by atoms with Crippen LogP contribution in [0.25, 0.3) is 0 Å². The lowest BCUT2D eigenvalue weighted by Gasteiger charge is -2.33. The van der Waals surface area contributed by atoms with E-state index in [0.717, 1.165) is 12.3 Å². The van der Waals surface area contributed by atoms with Crippen molar-refractivity contribution in [2.24, 2.45) is 0 Å². The number of piperidine rings is 1. The Morgan fingerprint density at radius 3 is 2.45 bits per heavy atom. The van der Waals surface area contributed by atoms with Gasteiger partial charge in [0, 0.05) is 32.2 Å². The van der Waals surface area contributed by atoms with Crippen LogP contribution >= 0.6 is 0 Å². The summed E-state index contributed by atoms with van der Waals surface area (Å²) in [5.41, 5.74) is 0.206. The third-order valence-corrected chi connectivity index (χ3v) is 6.00. The quantitative estimate of drug-likeness (QED) is 0.670. The number of nitrogens with zero attached hydrogens (tertiary/aromatic N) is 3. The largest absolute Gasteiger partial charge is 0.473 e. The van der Waals surface area contributed by atoms with E-state index in [-0.39, 0.29) is 29.3 Å². The number of rotatable bonds is 6. The van der Waals surface area contributed by atoms with Crippen LogP contribution in [0.3, 0.4) is 0 Å². The molecule has 9 nitrogen and oxygen atoms in total. The SMILES string of the molecule is CC(C)(C)OC(=O)N1CCC(Oc2cnc(CNc3ccc(S(C)(=O)=O)cc3F)cn2)CC1. The molecule has 0 bridgehead atoms. The molecule has 1 fully saturated rings. The highest BCUT2D eigenvalue weighted by atomic mass is 32.2. The topological polar surface area (TPSA) is 111 Å². The van der Waals surface area contributed by atoms with Gasteiger partial charge in [-0.1, -0.05) is 0 Å². The summed E-state index contributed by atoms with van der Waals surface area (Å²) in [4.78, 5) is 22.3. The van der Waals surface area contributed by atoms with Crippen LogP contribution in [0.5, 0.6) is 5.88 Å². The third kappa shape index (κ3) is 7.28. The van der Waals surface area contributed by atoms with Crippen molar-refractivity contribution < 1.29 is 27.1 Å². The minimum Gasteiger partial charge on any atom is -0.473 e. The fraction of sp³-hybridized carbons (Fsp3) is 0.500. The molecule has 0 atom stereocenters. The number of sulfone groups is 1. The summed E-state index contributed by atoms with van der Waals surface area (Å²) >= 11 is 0. The monoisotopic (exact) mass is 480 g/mol. The first-order chi connectivity index (χ1) is 15.4. The lowest BCUT2D eigenvalue weighted by molar-refractivity contribution is 0.0122. The Morgan fingerprint density at radius 2 is 1.91 bits per heavy atom. The van der Waals surface area contributed by atoms with Gasteiger partial charge < -0.3 is 19.7 Å². The van der Waals surface area contributed by atoms with Gasteiger partial charge in [0.05, 0.1) is 35.2 Å². The molecule has 1 saturated heterocycles. The molecule has 1 amide bonds. The van der Waals surface area contributed by atoms with E-state index >= 15 is 0 Å². The molecule has 0 saturated carbocycles. The van der Waals surface area contributed by atoms with Gasteiger partial charge in [-0.3, -0.25) is 4.98 Å². The van der Waals surface area contributed by atoms with Gasteiger partial charge in [-0.2, -0.15) is 0 Å². The Morgan fingerprint density at radius 1 is 1.21 bits per heavy atom. The van der Waals surface area contributed by atoms with Gasteiger partial charge in [0.1, 0.15) is 17.5 Å². The van der Waals surface area contributed by atoms with Crippen LogP contribution in [0.4, 0.5) is 14.9 Å². The van der Waals surface area contributed by atoms with E-state index in [2.05, 4.69) is 15.3 Å². The van der Waals surface area contributed by atoms with Crippen molar-refractivity contribution in [1.29, 1.82) is 0 Å². The number of nitrogens with one attached hydrogen (secondary N) is 1. The number of aromatic nitrogens is 2. The number of hydrogen-bond acceptors (Lipinski definition) is 8. The van der Waals surface area contributed by atoms with Crippen LogP contribution in [0.15, 0.2) is 35.5 Å². The Hall–Kier alpha value is -2.95. The molecule has 1 N–H and O–H groups in total. The summed E-state index contributed by atoms with van der Waals surface area (Å²) < 4.78 is 48.4. The van der Waals surface area contributed by atoms with Crippen molar-refractivity contribution in [2.75, 3.05) is 24.7 Å². The summed E-state index contributed by atoms with van der Waals surface area (Å²) in [5.74, 6) is -0.290. The standard InChI is InChI=1S/C22H29FN4O5S/c1-22(2,3)32-21(28)27-9-7-16(8-10-27)31-20-14-24-15(13-26-20)12-25-19-6-5-17(11-18(19)23)33(4,29)30/h5-6,11,13-14,16,25H,7-10,12H2,1-4H3. The number of ether oxygens (including phenoxy) is 2. The molecule has 1 aliphatic heterocycles. The Labute approximate surface area is 193 Å². The van der Waals surface area contributed by atoms with Crippen molar-refractivity contribution in [3.05, 3.63) is 42.1 Å². The highest BCUT2D eigenvalue weighted by molar-refractivity contribution is 7.90. The predicted molar refractivity (Wildman–Crippen MR) is 120 cm³/mol. The van der Waals surface area contributed by atoms with Crippen LogP contribution in [-0.4, -0.2) is 60.4 Å². The number of likely N-dealkylation sites (tertiary alicyclic amines) is 1. The summed E-state index contributed by atoms with van der Waals surface area (Å²) in [5, 5.41) is 2.88. The van der Waals surface area contributed by atoms with Crippen LogP contribution < -0.4 is 10.1 Å². The molecule has 1 aliphatic rings. The van der Waals surface area contributed by atoms with Crippen LogP contribution in [0.1, 0.15) is 39.3 Å². The lowest BCUT2D eigenvalue weighted by Crippen LogP contribution is -2.44. The van der Waals surface area contributed by atoms with Gasteiger partial charge in [-0.05, 0) is 39.0 Å². The van der Waals surface area contributed by atoms with Crippen LogP contribution in [0.2, 0.25) is 0 Å². The van der Waals surface area contributed by atoms with Crippen molar-refractivity contribution in [2.45, 2.75) is 56.8 Å². The number of carbonyl (C=O) groups is 1. The predicted octanol–water partition coefficient (Wildman–Crippen LogP) is 3.41. The number of carbonyl (C=O) groups excluding carboxylic acids is 1. The highest BCUT2D eigenvalue weighted by Crippen LogP contribution is 2.21. The molecular weight excluding hydrogens is 451 g/mol. The smallest absolute Gasteiger partial charge is 0.410 e. The molecule has 0 radical (unpaired) electrons. The van der Waals surface area contributed by atoms with Crippen LogP contribution in [-0.2, 0) is 21.1 Å². The van der Waals surface area contributed by atoms with E-state index in [0.29, 0.717) is 37.5 Å². The Balaban J connectivity index is 1.48. The molecule has 0 aliphatic carbocycles. The number of amides is 1. The molecule has 0 spiro atoms. The normalized spacial score (nSPS) is 15.2. The molecule has 1 aromatic carbocycles. The van der Waals surface area contributed by atoms with E-state index in [1.165, 1.54) is 24.5 Å². The Bertz CT molecular complexity index is 1080. The average Bonchev–Trinajstić information content (AvgIpc) is 2.72. The van der Waals surface area contributed by atoms with Crippen molar-refractivity contribution in [1.82, 2.24) is 14.9 Å². The molecule has 1 aromatic heterocycles. The lowest BCUT2D eigenvalue weighted by atomic mass is 10.1.